The van der Waals surface area contributed by atoms with Crippen LogP contribution in [0.5, 0.6) is 0 Å². The van der Waals surface area contributed by atoms with Crippen LogP contribution in [-0.4, -0.2) is 36.6 Å². The summed E-state index contributed by atoms with van der Waals surface area (Å²) in [5.41, 5.74) is -1.10. The molecule has 0 bridgehead atoms. The molecule has 0 N–H and O–H groups in total. The third-order valence-electron chi connectivity index (χ3n) is 1.24. The Kier molecular flexibility index (Phi) is 4.52. The predicted molar refractivity (Wildman–Crippen MR) is 51.3 cm³/mol. The monoisotopic (exact) mass is 237 g/mol. The van der Waals surface area contributed by atoms with Crippen molar-refractivity contribution in [3.8, 4) is 0 Å². The molecule has 0 amide bonds. The first-order valence-electron chi connectivity index (χ1n) is 4.33. The molecule has 0 fully saturated rings. The second-order valence-electron chi connectivity index (χ2n) is 3.86. The van der Waals surface area contributed by atoms with E-state index in [0.29, 0.717) is 0 Å². The van der Waals surface area contributed by atoms with Gasteiger partial charge in [0.25, 0.3) is 5.78 Å². The van der Waals surface area contributed by atoms with Crippen LogP contribution in [0, 0.1) is 0 Å². The number of hydrogen-bond acceptors (Lipinski definition) is 5. The van der Waals surface area contributed by atoms with E-state index in [0.717, 1.165) is 7.11 Å². The topological polar surface area (TPSA) is 65.0 Å². The van der Waals surface area contributed by atoms with Gasteiger partial charge in [-0.05, 0) is 20.8 Å². The third-order valence-corrected chi connectivity index (χ3v) is 1.24. The van der Waals surface area contributed by atoms with Crippen molar-refractivity contribution >= 4 is 18.0 Å². The van der Waals surface area contributed by atoms with Crippen LogP contribution in [0.4, 0.5) is 8.78 Å². The van der Waals surface area contributed by atoms with Gasteiger partial charge in [0.2, 0.25) is 0 Å². The number of rotatable bonds is 4. The molecule has 5 nitrogen and oxygen atoms in total. The Bertz CT molecular complexity index is 307. The number of Topliss-reactive ketones (excluding diaryl/α,β-unsaturated/α-hetero) is 1. The molecule has 0 saturated heterocycles. The molecule has 0 aliphatic rings. The Morgan fingerprint density at radius 3 is 2.12 bits per heavy atom. The van der Waals surface area contributed by atoms with Gasteiger partial charge in [0, 0.05) is 0 Å². The van der Waals surface area contributed by atoms with Crippen LogP contribution in [-0.2, 0) is 19.2 Å². The lowest BCUT2D eigenvalue weighted by Gasteiger charge is -2.22. The summed E-state index contributed by atoms with van der Waals surface area (Å²) < 4.78 is 30.6. The fourth-order valence-electron chi connectivity index (χ4n) is 0.624. The van der Waals surface area contributed by atoms with E-state index in [-0.39, 0.29) is 6.21 Å². The number of ketones is 1. The zero-order valence-corrected chi connectivity index (χ0v) is 9.41. The van der Waals surface area contributed by atoms with Gasteiger partial charge in [-0.2, -0.15) is 8.78 Å². The number of carbonyl (C=O) groups excluding carboxylic acids is 2. The van der Waals surface area contributed by atoms with Gasteiger partial charge in [-0.1, -0.05) is 5.16 Å². The van der Waals surface area contributed by atoms with Crippen molar-refractivity contribution in [1.29, 1.82) is 0 Å². The average Bonchev–Trinajstić information content (AvgIpc) is 2.11. The number of alkyl halides is 2. The fraction of sp³-hybridized carbons (Fsp3) is 0.667. The zero-order chi connectivity index (χ0) is 13.0. The summed E-state index contributed by atoms with van der Waals surface area (Å²) in [6, 6.07) is 0. The first kappa shape index (κ1) is 14.5. The molecule has 0 unspecified atom stereocenters. The van der Waals surface area contributed by atoms with Gasteiger partial charge in [0.1, 0.15) is 18.9 Å². The highest BCUT2D eigenvalue weighted by Gasteiger charge is 2.49. The molecule has 0 radical (unpaired) electrons. The normalized spacial score (nSPS) is 12.6. The number of carbonyl (C=O) groups is 2. The first-order chi connectivity index (χ1) is 7.11. The van der Waals surface area contributed by atoms with E-state index in [4.69, 9.17) is 0 Å². The third kappa shape index (κ3) is 4.33. The summed E-state index contributed by atoms with van der Waals surface area (Å²) in [6.07, 6.45) is 0.226. The van der Waals surface area contributed by atoms with Crippen LogP contribution in [0.3, 0.4) is 0 Å². The molecule has 0 rings (SSSR count). The number of hydrogen-bond donors (Lipinski definition) is 0. The Labute approximate surface area is 91.4 Å². The van der Waals surface area contributed by atoms with Crippen molar-refractivity contribution in [1.82, 2.24) is 0 Å². The van der Waals surface area contributed by atoms with E-state index < -0.39 is 23.3 Å². The summed E-state index contributed by atoms with van der Waals surface area (Å²) >= 11 is 0. The lowest BCUT2D eigenvalue weighted by Crippen LogP contribution is -2.43. The number of nitrogens with zero attached hydrogens (tertiary/aromatic N) is 1. The van der Waals surface area contributed by atoms with Crippen molar-refractivity contribution in [3.05, 3.63) is 0 Å². The van der Waals surface area contributed by atoms with E-state index in [1.807, 2.05) is 0 Å². The van der Waals surface area contributed by atoms with E-state index >= 15 is 0 Å². The second kappa shape index (κ2) is 5.00. The smallest absolute Gasteiger partial charge is 0.405 e. The van der Waals surface area contributed by atoms with Gasteiger partial charge in [-0.3, -0.25) is 4.79 Å². The van der Waals surface area contributed by atoms with Gasteiger partial charge in [0.15, 0.2) is 0 Å². The van der Waals surface area contributed by atoms with Gasteiger partial charge >= 0.3 is 11.9 Å². The molecule has 0 atom stereocenters. The number of oxime groups is 1. The van der Waals surface area contributed by atoms with Gasteiger partial charge in [0.05, 0.1) is 0 Å². The average molecular weight is 237 g/mol. The lowest BCUT2D eigenvalue weighted by molar-refractivity contribution is -0.183. The Morgan fingerprint density at radius 1 is 1.25 bits per heavy atom. The van der Waals surface area contributed by atoms with E-state index in [9.17, 15) is 18.4 Å². The maximum absolute atomic E-state index is 13.1. The van der Waals surface area contributed by atoms with Crippen molar-refractivity contribution < 1.29 is 27.9 Å². The molecule has 0 aliphatic carbocycles. The van der Waals surface area contributed by atoms with Gasteiger partial charge in [-0.25, -0.2) is 4.79 Å². The van der Waals surface area contributed by atoms with Crippen molar-refractivity contribution in [2.24, 2.45) is 5.16 Å². The van der Waals surface area contributed by atoms with Crippen LogP contribution in [0.25, 0.3) is 0 Å². The maximum Gasteiger partial charge on any atom is 0.405 e. The molecule has 0 spiro atoms. The van der Waals surface area contributed by atoms with Gasteiger partial charge in [-0.15, -0.1) is 0 Å². The quantitative estimate of drug-likeness (QED) is 0.318. The largest absolute Gasteiger partial charge is 0.455 e. The molecule has 0 aromatic heterocycles. The SMILES string of the molecule is CON=CC(=O)C(F)(F)C(=O)OC(C)(C)C. The predicted octanol–water partition coefficient (Wildman–Crippen LogP) is 1.16. The zero-order valence-electron chi connectivity index (χ0n) is 9.41. The molecule has 7 heteroatoms. The minimum atomic E-state index is -4.25. The number of ether oxygens (including phenoxy) is 1. The highest BCUT2D eigenvalue weighted by molar-refractivity contribution is 6.35. The van der Waals surface area contributed by atoms with Crippen LogP contribution in [0.15, 0.2) is 5.16 Å². The standard InChI is InChI=1S/C9H13F2NO4/c1-8(2,3)16-7(14)9(10,11)6(13)5-12-15-4/h5H,1-4H3. The highest BCUT2D eigenvalue weighted by Crippen LogP contribution is 2.20. The van der Waals surface area contributed by atoms with E-state index in [2.05, 4.69) is 14.7 Å². The molecule has 92 valence electrons. The molecule has 0 aromatic rings. The van der Waals surface area contributed by atoms with Crippen LogP contribution < -0.4 is 0 Å². The Balaban J connectivity index is 4.72. The van der Waals surface area contributed by atoms with E-state index in [1.54, 1.807) is 0 Å². The summed E-state index contributed by atoms with van der Waals surface area (Å²) in [4.78, 5) is 25.9. The first-order valence-corrected chi connectivity index (χ1v) is 4.33. The summed E-state index contributed by atoms with van der Waals surface area (Å²) in [5.74, 6) is -7.95. The molecular formula is C9H13F2NO4. The van der Waals surface area contributed by atoms with Gasteiger partial charge < -0.3 is 9.57 Å². The number of halogens is 2. The minimum Gasteiger partial charge on any atom is -0.455 e. The maximum atomic E-state index is 13.1. The van der Waals surface area contributed by atoms with Crippen LogP contribution >= 0.6 is 0 Å². The van der Waals surface area contributed by atoms with Crippen molar-refractivity contribution in [2.45, 2.75) is 32.3 Å². The van der Waals surface area contributed by atoms with Crippen LogP contribution in [0.1, 0.15) is 20.8 Å². The second-order valence-corrected chi connectivity index (χ2v) is 3.86. The molecule has 0 heterocycles. The number of esters is 1. The molecular weight excluding hydrogens is 224 g/mol. The summed E-state index contributed by atoms with van der Waals surface area (Å²) in [5, 5.41) is 2.85. The van der Waals surface area contributed by atoms with Crippen LogP contribution in [0.2, 0.25) is 0 Å². The van der Waals surface area contributed by atoms with Crippen molar-refractivity contribution in [3.63, 3.8) is 0 Å². The highest BCUT2D eigenvalue weighted by atomic mass is 19.3. The minimum absolute atomic E-state index is 0.226. The summed E-state index contributed by atoms with van der Waals surface area (Å²) in [6.45, 7) is 4.23. The molecule has 0 saturated carbocycles. The fourth-order valence-corrected chi connectivity index (χ4v) is 0.624. The van der Waals surface area contributed by atoms with E-state index in [1.165, 1.54) is 20.8 Å². The van der Waals surface area contributed by atoms with Crippen molar-refractivity contribution in [2.75, 3.05) is 7.11 Å². The summed E-state index contributed by atoms with van der Waals surface area (Å²) in [7, 11) is 1.08. The Hall–Kier alpha value is -1.53. The Morgan fingerprint density at radius 2 is 1.75 bits per heavy atom. The molecule has 16 heavy (non-hydrogen) atoms. The molecule has 0 aromatic carbocycles. The lowest BCUT2D eigenvalue weighted by atomic mass is 10.1. The molecule has 0 aliphatic heterocycles.